The molecule has 0 saturated carbocycles. The fraction of sp³-hybridized carbons (Fsp3) is 0.500. The summed E-state index contributed by atoms with van der Waals surface area (Å²) >= 11 is 2.77. The highest BCUT2D eigenvalue weighted by molar-refractivity contribution is 9.10. The summed E-state index contributed by atoms with van der Waals surface area (Å²) in [6.45, 7) is 0. The van der Waals surface area contributed by atoms with Crippen molar-refractivity contribution < 1.29 is 17.9 Å². The summed E-state index contributed by atoms with van der Waals surface area (Å²) in [5.74, 6) is 0.0484. The van der Waals surface area contributed by atoms with Gasteiger partial charge in [0.2, 0.25) is 5.88 Å². The van der Waals surface area contributed by atoms with Crippen molar-refractivity contribution in [3.63, 3.8) is 0 Å². The van der Waals surface area contributed by atoms with Gasteiger partial charge in [-0.15, -0.1) is 0 Å². The van der Waals surface area contributed by atoms with Crippen LogP contribution in [0, 0.1) is 0 Å². The summed E-state index contributed by atoms with van der Waals surface area (Å²) < 4.78 is 42.2. The summed E-state index contributed by atoms with van der Waals surface area (Å²) in [7, 11) is 2.65. The molecular weight excluding hydrogens is 253 g/mol. The van der Waals surface area contributed by atoms with E-state index < -0.39 is 11.9 Å². The first-order valence-electron chi connectivity index (χ1n) is 3.21. The average Bonchev–Trinajstić information content (AvgIpc) is 2.25. The zero-order valence-electron chi connectivity index (χ0n) is 6.81. The molecule has 0 aliphatic carbocycles. The van der Waals surface area contributed by atoms with Crippen LogP contribution in [-0.4, -0.2) is 16.9 Å². The van der Waals surface area contributed by atoms with Crippen molar-refractivity contribution in [2.24, 2.45) is 7.05 Å². The monoisotopic (exact) mass is 258 g/mol. The van der Waals surface area contributed by atoms with Gasteiger partial charge in [-0.2, -0.15) is 18.3 Å². The van der Waals surface area contributed by atoms with E-state index in [0.717, 1.165) is 4.68 Å². The molecule has 1 aromatic heterocycles. The van der Waals surface area contributed by atoms with E-state index in [9.17, 15) is 13.2 Å². The Hall–Kier alpha value is -0.720. The maximum Gasteiger partial charge on any atom is 0.436 e. The highest BCUT2D eigenvalue weighted by Crippen LogP contribution is 2.38. The fourth-order valence-corrected chi connectivity index (χ4v) is 1.61. The van der Waals surface area contributed by atoms with E-state index in [4.69, 9.17) is 4.74 Å². The molecule has 0 saturated heterocycles. The quantitative estimate of drug-likeness (QED) is 0.773. The first kappa shape index (κ1) is 10.4. The molecule has 0 aliphatic heterocycles. The molecular formula is C6H6BrF3N2O. The maximum absolute atomic E-state index is 12.2. The molecule has 7 heteroatoms. The predicted octanol–water partition coefficient (Wildman–Crippen LogP) is 2.21. The highest BCUT2D eigenvalue weighted by Gasteiger charge is 2.38. The Kier molecular flexibility index (Phi) is 2.56. The number of alkyl halides is 3. The number of aryl methyl sites for hydroxylation is 1. The third-order valence-electron chi connectivity index (χ3n) is 1.40. The molecule has 0 fully saturated rings. The minimum atomic E-state index is -4.46. The van der Waals surface area contributed by atoms with Crippen molar-refractivity contribution in [1.82, 2.24) is 9.78 Å². The fourth-order valence-electron chi connectivity index (χ4n) is 0.886. The Morgan fingerprint density at radius 2 is 2.00 bits per heavy atom. The second-order valence-corrected chi connectivity index (χ2v) is 3.09. The summed E-state index contributed by atoms with van der Waals surface area (Å²) in [5.41, 5.74) is -0.980. The van der Waals surface area contributed by atoms with Crippen LogP contribution in [0.3, 0.4) is 0 Å². The van der Waals surface area contributed by atoms with E-state index in [1.54, 1.807) is 0 Å². The van der Waals surface area contributed by atoms with Gasteiger partial charge in [-0.05, 0) is 15.9 Å². The van der Waals surface area contributed by atoms with Gasteiger partial charge in [0.1, 0.15) is 4.47 Å². The van der Waals surface area contributed by atoms with Gasteiger partial charge in [0.25, 0.3) is 0 Å². The van der Waals surface area contributed by atoms with Crippen LogP contribution >= 0.6 is 15.9 Å². The van der Waals surface area contributed by atoms with Crippen LogP contribution in [0.15, 0.2) is 4.47 Å². The Labute approximate surface area is 80.6 Å². The normalized spacial score (nSPS) is 11.8. The lowest BCUT2D eigenvalue weighted by Gasteiger charge is -2.01. The SMILES string of the molecule is COc1c(Br)c(C(F)(F)F)nn1C. The lowest BCUT2D eigenvalue weighted by molar-refractivity contribution is -0.142. The average molecular weight is 259 g/mol. The second kappa shape index (κ2) is 3.21. The highest BCUT2D eigenvalue weighted by atomic mass is 79.9. The van der Waals surface area contributed by atoms with E-state index in [0.29, 0.717) is 0 Å². The van der Waals surface area contributed by atoms with Crippen LogP contribution in [0.4, 0.5) is 13.2 Å². The molecule has 0 aliphatic rings. The summed E-state index contributed by atoms with van der Waals surface area (Å²) in [4.78, 5) is 0. The van der Waals surface area contributed by atoms with Gasteiger partial charge in [0.05, 0.1) is 7.11 Å². The third kappa shape index (κ3) is 1.79. The summed E-state index contributed by atoms with van der Waals surface area (Å²) in [6, 6.07) is 0. The van der Waals surface area contributed by atoms with Crippen molar-refractivity contribution in [2.75, 3.05) is 7.11 Å². The molecule has 0 aromatic carbocycles. The Morgan fingerprint density at radius 3 is 2.23 bits per heavy atom. The topological polar surface area (TPSA) is 27.1 Å². The maximum atomic E-state index is 12.2. The molecule has 1 aromatic rings. The molecule has 0 radical (unpaired) electrons. The minimum Gasteiger partial charge on any atom is -0.480 e. The van der Waals surface area contributed by atoms with E-state index in [1.807, 2.05) is 0 Å². The zero-order chi connectivity index (χ0) is 10.2. The lowest BCUT2D eigenvalue weighted by atomic mass is 10.4. The lowest BCUT2D eigenvalue weighted by Crippen LogP contribution is -2.07. The van der Waals surface area contributed by atoms with Crippen LogP contribution in [0.25, 0.3) is 0 Å². The van der Waals surface area contributed by atoms with Crippen LogP contribution in [-0.2, 0) is 13.2 Å². The Balaban J connectivity index is 3.26. The van der Waals surface area contributed by atoms with Gasteiger partial charge < -0.3 is 4.74 Å². The van der Waals surface area contributed by atoms with E-state index >= 15 is 0 Å². The number of rotatable bonds is 1. The number of ether oxygens (including phenoxy) is 1. The predicted molar refractivity (Wildman–Crippen MR) is 42.5 cm³/mol. The van der Waals surface area contributed by atoms with E-state index in [1.165, 1.54) is 14.2 Å². The first-order chi connectivity index (χ1) is 5.88. The zero-order valence-corrected chi connectivity index (χ0v) is 8.40. The number of hydrogen-bond acceptors (Lipinski definition) is 2. The van der Waals surface area contributed by atoms with Crippen molar-refractivity contribution in [3.05, 3.63) is 10.2 Å². The summed E-state index contributed by atoms with van der Waals surface area (Å²) in [6.07, 6.45) is -4.46. The number of aromatic nitrogens is 2. The van der Waals surface area contributed by atoms with Crippen LogP contribution in [0.5, 0.6) is 5.88 Å². The molecule has 0 bridgehead atoms. The standard InChI is InChI=1S/C6H6BrF3N2O/c1-12-5(13-2)3(7)4(11-12)6(8,9)10/h1-2H3. The Morgan fingerprint density at radius 1 is 1.46 bits per heavy atom. The molecule has 0 N–H and O–H groups in total. The van der Waals surface area contributed by atoms with Gasteiger partial charge in [0, 0.05) is 7.05 Å². The van der Waals surface area contributed by atoms with Crippen LogP contribution in [0.2, 0.25) is 0 Å². The minimum absolute atomic E-state index is 0.0484. The molecule has 0 atom stereocenters. The van der Waals surface area contributed by atoms with Gasteiger partial charge in [-0.25, -0.2) is 4.68 Å². The smallest absolute Gasteiger partial charge is 0.436 e. The largest absolute Gasteiger partial charge is 0.480 e. The Bertz CT molecular complexity index is 320. The van der Waals surface area contributed by atoms with E-state index in [2.05, 4.69) is 21.0 Å². The molecule has 74 valence electrons. The van der Waals surface area contributed by atoms with E-state index in [-0.39, 0.29) is 10.4 Å². The van der Waals surface area contributed by atoms with Gasteiger partial charge in [-0.3, -0.25) is 0 Å². The van der Waals surface area contributed by atoms with Gasteiger partial charge in [0.15, 0.2) is 5.69 Å². The summed E-state index contributed by atoms with van der Waals surface area (Å²) in [5, 5.41) is 3.27. The second-order valence-electron chi connectivity index (χ2n) is 2.29. The van der Waals surface area contributed by atoms with Crippen LogP contribution in [0.1, 0.15) is 5.69 Å². The van der Waals surface area contributed by atoms with Gasteiger partial charge in [-0.1, -0.05) is 0 Å². The van der Waals surface area contributed by atoms with Crippen molar-refractivity contribution in [3.8, 4) is 5.88 Å². The van der Waals surface area contributed by atoms with Crippen LogP contribution < -0.4 is 4.74 Å². The molecule has 0 spiro atoms. The third-order valence-corrected chi connectivity index (χ3v) is 2.12. The number of hydrogen-bond donors (Lipinski definition) is 0. The first-order valence-corrected chi connectivity index (χ1v) is 4.01. The van der Waals surface area contributed by atoms with Gasteiger partial charge >= 0.3 is 6.18 Å². The molecule has 1 rings (SSSR count). The molecule has 1 heterocycles. The molecule has 3 nitrogen and oxygen atoms in total. The molecule has 0 amide bonds. The number of methoxy groups -OCH3 is 1. The van der Waals surface area contributed by atoms with Crippen molar-refractivity contribution in [1.29, 1.82) is 0 Å². The molecule has 0 unspecified atom stereocenters. The molecule has 13 heavy (non-hydrogen) atoms. The number of halogens is 4. The van der Waals surface area contributed by atoms with Crippen molar-refractivity contribution >= 4 is 15.9 Å². The number of nitrogens with zero attached hydrogens (tertiary/aromatic N) is 2. The van der Waals surface area contributed by atoms with Crippen molar-refractivity contribution in [2.45, 2.75) is 6.18 Å².